The van der Waals surface area contributed by atoms with Crippen LogP contribution in [0.25, 0.3) is 0 Å². The first-order valence-electron chi connectivity index (χ1n) is 9.04. The van der Waals surface area contributed by atoms with Crippen LogP contribution >= 0.6 is 23.2 Å². The quantitative estimate of drug-likeness (QED) is 0.740. The van der Waals surface area contributed by atoms with E-state index in [9.17, 15) is 14.7 Å². The van der Waals surface area contributed by atoms with Gasteiger partial charge in [-0.25, -0.2) is 4.79 Å². The number of hydrogen-bond acceptors (Lipinski definition) is 4. The molecule has 1 amide bonds. The van der Waals surface area contributed by atoms with Crippen LogP contribution in [-0.2, 0) is 16.1 Å². The third-order valence-corrected chi connectivity index (χ3v) is 5.16. The molecule has 1 aliphatic rings. The highest BCUT2D eigenvalue weighted by Crippen LogP contribution is 2.39. The second-order valence-corrected chi connectivity index (χ2v) is 8.04. The predicted octanol–water partition coefficient (Wildman–Crippen LogP) is 4.57. The first-order chi connectivity index (χ1) is 13.7. The van der Waals surface area contributed by atoms with Crippen molar-refractivity contribution in [2.45, 2.75) is 32.5 Å². The molecule has 0 aromatic heterocycles. The molecule has 154 valence electrons. The van der Waals surface area contributed by atoms with Gasteiger partial charge in [0, 0.05) is 28.2 Å². The van der Waals surface area contributed by atoms with E-state index in [1.807, 2.05) is 13.8 Å². The molecule has 2 aromatic rings. The summed E-state index contributed by atoms with van der Waals surface area (Å²) in [6.45, 7) is 3.71. The van der Waals surface area contributed by atoms with Gasteiger partial charge in [-0.1, -0.05) is 37.0 Å². The number of ether oxygens (including phenoxy) is 2. The number of rotatable bonds is 5. The molecular weight excluding hydrogens is 417 g/mol. The molecule has 0 saturated carbocycles. The van der Waals surface area contributed by atoms with Crippen LogP contribution in [0.15, 0.2) is 36.4 Å². The molecule has 8 heteroatoms. The topological polar surface area (TPSA) is 76.1 Å². The maximum Gasteiger partial charge on any atom is 0.331 e. The number of amides is 1. The molecule has 0 spiro atoms. The average molecular weight is 438 g/mol. The summed E-state index contributed by atoms with van der Waals surface area (Å²) in [5, 5.41) is 10.8. The third kappa shape index (κ3) is 4.43. The molecule has 0 saturated heterocycles. The van der Waals surface area contributed by atoms with Crippen LogP contribution < -0.4 is 9.47 Å². The van der Waals surface area contributed by atoms with E-state index in [1.165, 1.54) is 12.0 Å². The minimum atomic E-state index is -1.23. The first-order valence-corrected chi connectivity index (χ1v) is 9.79. The Morgan fingerprint density at radius 2 is 1.86 bits per heavy atom. The van der Waals surface area contributed by atoms with E-state index >= 15 is 0 Å². The van der Waals surface area contributed by atoms with Gasteiger partial charge < -0.3 is 19.5 Å². The summed E-state index contributed by atoms with van der Waals surface area (Å²) in [5.41, 5.74) is 1.00. The minimum Gasteiger partial charge on any atom is -0.497 e. The molecule has 0 bridgehead atoms. The van der Waals surface area contributed by atoms with Crippen LogP contribution in [0.4, 0.5) is 0 Å². The number of carbonyl (C=O) groups excluding carboxylic acids is 1. The molecule has 6 nitrogen and oxygen atoms in total. The number of methoxy groups -OCH3 is 1. The van der Waals surface area contributed by atoms with Crippen molar-refractivity contribution in [1.29, 1.82) is 0 Å². The lowest BCUT2D eigenvalue weighted by Crippen LogP contribution is -2.45. The van der Waals surface area contributed by atoms with Gasteiger partial charge in [0.1, 0.15) is 11.5 Å². The lowest BCUT2D eigenvalue weighted by molar-refractivity contribution is -0.154. The van der Waals surface area contributed by atoms with Gasteiger partial charge in [-0.2, -0.15) is 0 Å². The number of nitrogens with zero attached hydrogens (tertiary/aromatic N) is 1. The van der Waals surface area contributed by atoms with Gasteiger partial charge in [-0.3, -0.25) is 4.79 Å². The number of carbonyl (C=O) groups is 2. The van der Waals surface area contributed by atoms with Crippen LogP contribution in [0.2, 0.25) is 10.0 Å². The molecule has 1 aliphatic heterocycles. The van der Waals surface area contributed by atoms with Gasteiger partial charge in [0.05, 0.1) is 7.11 Å². The molecular formula is C21H21Cl2NO5. The molecule has 0 radical (unpaired) electrons. The lowest BCUT2D eigenvalue weighted by Gasteiger charge is -2.30. The van der Waals surface area contributed by atoms with Crippen LogP contribution in [0, 0.1) is 5.92 Å². The zero-order valence-electron chi connectivity index (χ0n) is 16.2. The van der Waals surface area contributed by atoms with Crippen LogP contribution in [0.5, 0.6) is 11.5 Å². The number of halogens is 2. The zero-order valence-corrected chi connectivity index (χ0v) is 17.7. The largest absolute Gasteiger partial charge is 0.497 e. The van der Waals surface area contributed by atoms with Gasteiger partial charge in [0.2, 0.25) is 0 Å². The summed E-state index contributed by atoms with van der Waals surface area (Å²) in [7, 11) is 1.51. The first kappa shape index (κ1) is 21.3. The van der Waals surface area contributed by atoms with Crippen LogP contribution in [0.1, 0.15) is 31.0 Å². The fourth-order valence-corrected chi connectivity index (χ4v) is 3.94. The van der Waals surface area contributed by atoms with E-state index in [1.54, 1.807) is 36.4 Å². The Morgan fingerprint density at radius 1 is 1.21 bits per heavy atom. The van der Waals surface area contributed by atoms with Crippen molar-refractivity contribution in [3.05, 3.63) is 57.6 Å². The Kier molecular flexibility index (Phi) is 6.24. The molecule has 1 N–H and O–H groups in total. The summed E-state index contributed by atoms with van der Waals surface area (Å²) in [6.07, 6.45) is -0.847. The number of carboxylic acid groups (broad SMARTS) is 1. The molecule has 2 atom stereocenters. The average Bonchev–Trinajstić information content (AvgIpc) is 2.75. The standard InChI is InChI=1S/C21H21Cl2NO5/c1-11(2)19-20(25)24(10-12-6-13(22)8-14(23)7-12)18(21(26)27)16-5-4-15(28-3)9-17(16)29-19/h4-9,11,18-19H,10H2,1-3H3,(H,26,27). The van der Waals surface area contributed by atoms with E-state index in [0.717, 1.165) is 0 Å². The van der Waals surface area contributed by atoms with Crippen molar-refractivity contribution in [3.8, 4) is 11.5 Å². The lowest BCUT2D eigenvalue weighted by atomic mass is 10.0. The Balaban J connectivity index is 2.14. The highest BCUT2D eigenvalue weighted by molar-refractivity contribution is 6.34. The molecule has 29 heavy (non-hydrogen) atoms. The normalized spacial score (nSPS) is 18.8. The summed E-state index contributed by atoms with van der Waals surface area (Å²) < 4.78 is 11.2. The van der Waals surface area contributed by atoms with Gasteiger partial charge in [-0.05, 0) is 41.8 Å². The van der Waals surface area contributed by atoms with Crippen molar-refractivity contribution in [3.63, 3.8) is 0 Å². The van der Waals surface area contributed by atoms with E-state index in [2.05, 4.69) is 0 Å². The van der Waals surface area contributed by atoms with Crippen LogP contribution in [0.3, 0.4) is 0 Å². The number of fused-ring (bicyclic) bond motifs is 1. The summed E-state index contributed by atoms with van der Waals surface area (Å²) in [4.78, 5) is 26.9. The summed E-state index contributed by atoms with van der Waals surface area (Å²) >= 11 is 12.2. The van der Waals surface area contributed by atoms with Gasteiger partial charge >= 0.3 is 5.97 Å². The summed E-state index contributed by atoms with van der Waals surface area (Å²) in [6, 6.07) is 8.52. The zero-order chi connectivity index (χ0) is 21.3. The fraction of sp³-hybridized carbons (Fsp3) is 0.333. The molecule has 2 unspecified atom stereocenters. The molecule has 3 rings (SSSR count). The fourth-order valence-electron chi connectivity index (χ4n) is 3.37. The van der Waals surface area contributed by atoms with E-state index in [0.29, 0.717) is 32.7 Å². The van der Waals surface area contributed by atoms with Crippen molar-refractivity contribution >= 4 is 35.1 Å². The minimum absolute atomic E-state index is 0.0220. The number of benzene rings is 2. The van der Waals surface area contributed by atoms with Crippen molar-refractivity contribution in [1.82, 2.24) is 4.90 Å². The maximum atomic E-state index is 13.3. The summed E-state index contributed by atoms with van der Waals surface area (Å²) in [5.74, 6) is -0.933. The van der Waals surface area contributed by atoms with Crippen molar-refractivity contribution in [2.24, 2.45) is 5.92 Å². The smallest absolute Gasteiger partial charge is 0.331 e. The predicted molar refractivity (Wildman–Crippen MR) is 110 cm³/mol. The van der Waals surface area contributed by atoms with E-state index in [-0.39, 0.29) is 12.5 Å². The van der Waals surface area contributed by atoms with Crippen molar-refractivity contribution in [2.75, 3.05) is 7.11 Å². The second-order valence-electron chi connectivity index (χ2n) is 7.17. The van der Waals surface area contributed by atoms with Crippen molar-refractivity contribution < 1.29 is 24.2 Å². The Morgan fingerprint density at radius 3 is 2.41 bits per heavy atom. The second kappa shape index (κ2) is 8.51. The number of hydrogen-bond donors (Lipinski definition) is 1. The van der Waals surface area contributed by atoms with E-state index < -0.39 is 24.0 Å². The van der Waals surface area contributed by atoms with Gasteiger partial charge in [0.15, 0.2) is 12.1 Å². The highest BCUT2D eigenvalue weighted by atomic mass is 35.5. The Hall–Kier alpha value is -2.44. The maximum absolute atomic E-state index is 13.3. The molecule has 1 heterocycles. The molecule has 0 aliphatic carbocycles. The van der Waals surface area contributed by atoms with Gasteiger partial charge in [0.25, 0.3) is 5.91 Å². The monoisotopic (exact) mass is 437 g/mol. The molecule has 0 fully saturated rings. The Labute approximate surface area is 178 Å². The SMILES string of the molecule is COc1ccc2c(c1)OC(C(C)C)C(=O)N(Cc1cc(Cl)cc(Cl)c1)C2C(=O)O. The number of carboxylic acids is 1. The van der Waals surface area contributed by atoms with Crippen LogP contribution in [-0.4, -0.2) is 35.1 Å². The number of aliphatic carboxylic acids is 1. The van der Waals surface area contributed by atoms with E-state index in [4.69, 9.17) is 32.7 Å². The molecule has 2 aromatic carbocycles. The third-order valence-electron chi connectivity index (χ3n) is 4.72. The van der Waals surface area contributed by atoms with Gasteiger partial charge in [-0.15, -0.1) is 0 Å². The Bertz CT molecular complexity index is 926. The highest BCUT2D eigenvalue weighted by Gasteiger charge is 2.42.